The number of halogens is 3. The number of aromatic nitrogens is 2. The lowest BCUT2D eigenvalue weighted by Gasteiger charge is -2.19. The number of hydrogen-bond acceptors (Lipinski definition) is 6. The Bertz CT molecular complexity index is 451. The molecule has 0 unspecified atom stereocenters. The lowest BCUT2D eigenvalue weighted by atomic mass is 10.4. The van der Waals surface area contributed by atoms with E-state index in [1.54, 1.807) is 0 Å². The molecule has 0 aliphatic carbocycles. The second kappa shape index (κ2) is 5.02. The molecule has 1 aromatic rings. The molecule has 7 nitrogen and oxygen atoms in total. The van der Waals surface area contributed by atoms with Crippen molar-refractivity contribution in [2.24, 2.45) is 0 Å². The predicted molar refractivity (Wildman–Crippen MR) is 57.6 cm³/mol. The minimum Gasteiger partial charge on any atom is -0.367 e. The van der Waals surface area contributed by atoms with Gasteiger partial charge in [-0.2, -0.15) is 13.2 Å². The van der Waals surface area contributed by atoms with E-state index < -0.39 is 29.1 Å². The van der Waals surface area contributed by atoms with Crippen LogP contribution in [-0.4, -0.2) is 41.7 Å². The van der Waals surface area contributed by atoms with E-state index in [1.165, 1.54) is 7.05 Å². The van der Waals surface area contributed by atoms with E-state index in [9.17, 15) is 23.3 Å². The summed E-state index contributed by atoms with van der Waals surface area (Å²) in [6.45, 7) is -1.34. The smallest absolute Gasteiger partial charge is 0.367 e. The first kappa shape index (κ1) is 13.9. The van der Waals surface area contributed by atoms with Crippen LogP contribution in [0.2, 0.25) is 0 Å². The van der Waals surface area contributed by atoms with Gasteiger partial charge in [0.25, 0.3) is 0 Å². The van der Waals surface area contributed by atoms with Gasteiger partial charge in [0.2, 0.25) is 11.6 Å². The van der Waals surface area contributed by atoms with Crippen molar-refractivity contribution in [1.82, 2.24) is 9.97 Å². The Hall–Kier alpha value is -2.13. The van der Waals surface area contributed by atoms with Gasteiger partial charge in [-0.25, -0.2) is 9.97 Å². The first-order valence-corrected chi connectivity index (χ1v) is 4.71. The number of nitrogens with zero attached hydrogens (tertiary/aromatic N) is 4. The number of alkyl halides is 3. The molecule has 0 aromatic carbocycles. The number of nitro groups is 1. The highest BCUT2D eigenvalue weighted by Crippen LogP contribution is 2.32. The third-order valence-corrected chi connectivity index (χ3v) is 2.00. The summed E-state index contributed by atoms with van der Waals surface area (Å²) in [5.41, 5.74) is -0.591. The van der Waals surface area contributed by atoms with Crippen LogP contribution in [-0.2, 0) is 0 Å². The van der Waals surface area contributed by atoms with Gasteiger partial charge in [0.1, 0.15) is 12.9 Å². The lowest BCUT2D eigenvalue weighted by molar-refractivity contribution is -0.383. The van der Waals surface area contributed by atoms with Crippen molar-refractivity contribution in [2.45, 2.75) is 6.18 Å². The van der Waals surface area contributed by atoms with Crippen LogP contribution < -0.4 is 10.2 Å². The number of anilines is 2. The minimum atomic E-state index is -4.48. The highest BCUT2D eigenvalue weighted by Gasteiger charge is 2.33. The van der Waals surface area contributed by atoms with Gasteiger partial charge in [-0.05, 0) is 0 Å². The molecule has 0 radical (unpaired) electrons. The van der Waals surface area contributed by atoms with Gasteiger partial charge in [0.05, 0.1) is 4.92 Å². The summed E-state index contributed by atoms with van der Waals surface area (Å²) in [6, 6.07) is 0. The number of hydrogen-bond donors (Lipinski definition) is 1. The average Bonchev–Trinajstić information content (AvgIpc) is 2.25. The van der Waals surface area contributed by atoms with Gasteiger partial charge in [0, 0.05) is 14.1 Å². The maximum absolute atomic E-state index is 12.2. The zero-order valence-electron chi connectivity index (χ0n) is 9.52. The lowest BCUT2D eigenvalue weighted by Crippen LogP contribution is -2.32. The van der Waals surface area contributed by atoms with E-state index in [1.807, 2.05) is 0 Å². The molecule has 0 aliphatic heterocycles. The Morgan fingerprint density at radius 2 is 2.11 bits per heavy atom. The molecule has 1 N–H and O–H groups in total. The molecule has 0 fully saturated rings. The topological polar surface area (TPSA) is 84.2 Å². The fraction of sp³-hybridized carbons (Fsp3) is 0.500. The zero-order chi connectivity index (χ0) is 13.9. The van der Waals surface area contributed by atoms with Gasteiger partial charge < -0.3 is 10.2 Å². The van der Waals surface area contributed by atoms with Crippen molar-refractivity contribution >= 4 is 17.3 Å². The third kappa shape index (κ3) is 3.18. The highest BCUT2D eigenvalue weighted by molar-refractivity contribution is 5.69. The van der Waals surface area contributed by atoms with Crippen LogP contribution in [0.25, 0.3) is 0 Å². The van der Waals surface area contributed by atoms with Crippen LogP contribution >= 0.6 is 0 Å². The molecule has 1 heterocycles. The van der Waals surface area contributed by atoms with Crippen molar-refractivity contribution < 1.29 is 18.1 Å². The summed E-state index contributed by atoms with van der Waals surface area (Å²) < 4.78 is 36.7. The summed E-state index contributed by atoms with van der Waals surface area (Å²) in [7, 11) is 2.45. The zero-order valence-corrected chi connectivity index (χ0v) is 9.52. The van der Waals surface area contributed by atoms with Crippen LogP contribution in [0.5, 0.6) is 0 Å². The summed E-state index contributed by atoms with van der Waals surface area (Å²) >= 11 is 0. The Balaban J connectivity index is 3.19. The SMILES string of the molecule is CNc1ncnc(N(C)CC(F)(F)F)c1[N+](=O)[O-]. The molecule has 0 bridgehead atoms. The molecule has 0 aliphatic rings. The molecule has 0 saturated carbocycles. The summed E-state index contributed by atoms with van der Waals surface area (Å²) in [4.78, 5) is 17.8. The first-order chi connectivity index (χ1) is 8.26. The molecule has 0 saturated heterocycles. The minimum absolute atomic E-state index is 0.140. The number of nitrogens with one attached hydrogen (secondary N) is 1. The first-order valence-electron chi connectivity index (χ1n) is 4.71. The molecule has 10 heteroatoms. The number of rotatable bonds is 4. The summed E-state index contributed by atoms with van der Waals surface area (Å²) in [5, 5.41) is 13.3. The largest absolute Gasteiger partial charge is 0.405 e. The molecule has 1 rings (SSSR count). The molecular weight excluding hydrogens is 255 g/mol. The van der Waals surface area contributed by atoms with Gasteiger partial charge in [-0.1, -0.05) is 0 Å². The van der Waals surface area contributed by atoms with E-state index in [0.29, 0.717) is 4.90 Å². The predicted octanol–water partition coefficient (Wildman–Crippen LogP) is 1.43. The van der Waals surface area contributed by atoms with Crippen molar-refractivity contribution in [3.8, 4) is 0 Å². The maximum atomic E-state index is 12.2. The Labute approximate surface area is 99.8 Å². The molecule has 0 amide bonds. The van der Waals surface area contributed by atoms with Crippen LogP contribution in [0.1, 0.15) is 0 Å². The van der Waals surface area contributed by atoms with Crippen molar-refractivity contribution in [3.05, 3.63) is 16.4 Å². The van der Waals surface area contributed by atoms with Crippen molar-refractivity contribution in [1.29, 1.82) is 0 Å². The van der Waals surface area contributed by atoms with Gasteiger partial charge in [-0.3, -0.25) is 10.1 Å². The third-order valence-electron chi connectivity index (χ3n) is 2.00. The van der Waals surface area contributed by atoms with Crippen LogP contribution in [0, 0.1) is 10.1 Å². The monoisotopic (exact) mass is 265 g/mol. The molecule has 100 valence electrons. The van der Waals surface area contributed by atoms with Crippen LogP contribution in [0.4, 0.5) is 30.5 Å². The van der Waals surface area contributed by atoms with Gasteiger partial charge in [0.15, 0.2) is 0 Å². The highest BCUT2D eigenvalue weighted by atomic mass is 19.4. The van der Waals surface area contributed by atoms with E-state index >= 15 is 0 Å². The van der Waals surface area contributed by atoms with Crippen molar-refractivity contribution in [3.63, 3.8) is 0 Å². The van der Waals surface area contributed by atoms with E-state index in [-0.39, 0.29) is 5.82 Å². The van der Waals surface area contributed by atoms with Gasteiger partial charge in [-0.15, -0.1) is 0 Å². The molecule has 18 heavy (non-hydrogen) atoms. The van der Waals surface area contributed by atoms with E-state index in [0.717, 1.165) is 13.4 Å². The van der Waals surface area contributed by atoms with E-state index in [4.69, 9.17) is 0 Å². The molecule has 0 atom stereocenters. The second-order valence-electron chi connectivity index (χ2n) is 3.37. The summed E-state index contributed by atoms with van der Waals surface area (Å²) in [6.07, 6.45) is -3.52. The molecular formula is C8H10F3N5O2. The molecule has 1 aromatic heterocycles. The van der Waals surface area contributed by atoms with Crippen molar-refractivity contribution in [2.75, 3.05) is 30.9 Å². The van der Waals surface area contributed by atoms with Gasteiger partial charge >= 0.3 is 11.9 Å². The normalized spacial score (nSPS) is 11.2. The summed E-state index contributed by atoms with van der Waals surface area (Å²) in [5.74, 6) is -0.532. The second-order valence-corrected chi connectivity index (χ2v) is 3.37. The van der Waals surface area contributed by atoms with Crippen LogP contribution in [0.3, 0.4) is 0 Å². The Morgan fingerprint density at radius 1 is 1.50 bits per heavy atom. The maximum Gasteiger partial charge on any atom is 0.405 e. The quantitative estimate of drug-likeness (QED) is 0.654. The van der Waals surface area contributed by atoms with E-state index in [2.05, 4.69) is 15.3 Å². The molecule has 0 spiro atoms. The fourth-order valence-electron chi connectivity index (χ4n) is 1.34. The average molecular weight is 265 g/mol. The Morgan fingerprint density at radius 3 is 2.56 bits per heavy atom. The fourth-order valence-corrected chi connectivity index (χ4v) is 1.34. The standard InChI is InChI=1S/C8H10F3N5O2/c1-12-6-5(16(17)18)7(14-4-13-6)15(2)3-8(9,10)11/h4H,3H2,1-2H3,(H,12,13,14). The Kier molecular flexibility index (Phi) is 3.89. The van der Waals surface area contributed by atoms with Crippen LogP contribution in [0.15, 0.2) is 6.33 Å².